The Kier molecular flexibility index (Phi) is 11.0. The maximum absolute atomic E-state index is 2.52. The van der Waals surface area contributed by atoms with Crippen LogP contribution in [0.1, 0.15) is 50.7 Å². The summed E-state index contributed by atoms with van der Waals surface area (Å²) in [5, 5.41) is 0. The molecule has 0 spiro atoms. The zero-order chi connectivity index (χ0) is 13.2. The van der Waals surface area contributed by atoms with Gasteiger partial charge in [0.05, 0.1) is 0 Å². The minimum atomic E-state index is 0. The summed E-state index contributed by atoms with van der Waals surface area (Å²) in [5.41, 5.74) is 2.97. The highest BCUT2D eigenvalue weighted by molar-refractivity contribution is 5.85. The summed E-state index contributed by atoms with van der Waals surface area (Å²) >= 11 is 0. The first kappa shape index (κ1) is 18.5. The second kappa shape index (κ2) is 11.3. The number of nitrogens with zero attached hydrogens (tertiary/aromatic N) is 1. The Balaban J connectivity index is 0.00000324. The Morgan fingerprint density at radius 1 is 0.895 bits per heavy atom. The Morgan fingerprint density at radius 3 is 2.16 bits per heavy atom. The fourth-order valence-corrected chi connectivity index (χ4v) is 2.43. The van der Waals surface area contributed by atoms with Crippen molar-refractivity contribution in [2.24, 2.45) is 0 Å². The first-order valence-corrected chi connectivity index (χ1v) is 7.54. The second-order valence-corrected chi connectivity index (χ2v) is 5.12. The van der Waals surface area contributed by atoms with Crippen molar-refractivity contribution in [3.63, 3.8) is 0 Å². The van der Waals surface area contributed by atoms with Gasteiger partial charge in [-0.3, -0.25) is 0 Å². The van der Waals surface area contributed by atoms with Crippen LogP contribution in [0.3, 0.4) is 0 Å². The highest BCUT2D eigenvalue weighted by atomic mass is 35.5. The van der Waals surface area contributed by atoms with Crippen LogP contribution < -0.4 is 0 Å². The Labute approximate surface area is 125 Å². The van der Waals surface area contributed by atoms with Crippen molar-refractivity contribution in [2.45, 2.75) is 52.9 Å². The first-order valence-electron chi connectivity index (χ1n) is 7.54. The van der Waals surface area contributed by atoms with E-state index >= 15 is 0 Å². The van der Waals surface area contributed by atoms with E-state index in [0.29, 0.717) is 0 Å². The summed E-state index contributed by atoms with van der Waals surface area (Å²) in [6.07, 6.45) is 6.69. The largest absolute Gasteiger partial charge is 0.304 e. The van der Waals surface area contributed by atoms with E-state index in [1.165, 1.54) is 62.9 Å². The second-order valence-electron chi connectivity index (χ2n) is 5.12. The minimum absolute atomic E-state index is 0. The van der Waals surface area contributed by atoms with Gasteiger partial charge in [-0.1, -0.05) is 51.0 Å². The van der Waals surface area contributed by atoms with Crippen molar-refractivity contribution in [2.75, 3.05) is 19.6 Å². The molecule has 0 radical (unpaired) electrons. The monoisotopic (exact) mass is 283 g/mol. The number of hydrogen-bond acceptors (Lipinski definition) is 1. The van der Waals surface area contributed by atoms with Crippen molar-refractivity contribution < 1.29 is 0 Å². The summed E-state index contributed by atoms with van der Waals surface area (Å²) in [7, 11) is 0. The van der Waals surface area contributed by atoms with Gasteiger partial charge < -0.3 is 4.90 Å². The van der Waals surface area contributed by atoms with Gasteiger partial charge in [0.1, 0.15) is 0 Å². The number of aryl methyl sites for hydroxylation is 2. The number of rotatable bonds is 9. The van der Waals surface area contributed by atoms with E-state index in [9.17, 15) is 0 Å². The molecular weight excluding hydrogens is 254 g/mol. The number of unbranched alkanes of at least 4 members (excludes halogenated alkanes) is 3. The molecule has 0 saturated carbocycles. The normalized spacial score (nSPS) is 10.5. The van der Waals surface area contributed by atoms with E-state index in [0.717, 1.165) is 0 Å². The molecule has 0 unspecified atom stereocenters. The lowest BCUT2D eigenvalue weighted by Gasteiger charge is -2.17. The van der Waals surface area contributed by atoms with Crippen molar-refractivity contribution in [1.82, 2.24) is 4.90 Å². The molecule has 2 heteroatoms. The van der Waals surface area contributed by atoms with Crippen LogP contribution >= 0.6 is 12.4 Å². The molecule has 0 amide bonds. The van der Waals surface area contributed by atoms with Crippen molar-refractivity contribution in [1.29, 1.82) is 0 Å². The van der Waals surface area contributed by atoms with E-state index in [2.05, 4.69) is 49.9 Å². The molecule has 0 fully saturated rings. The average Bonchev–Trinajstić information content (AvgIpc) is 2.40. The molecule has 1 nitrogen and oxygen atoms in total. The molecule has 0 aliphatic carbocycles. The molecule has 1 aromatic carbocycles. The van der Waals surface area contributed by atoms with Crippen LogP contribution in [-0.4, -0.2) is 24.5 Å². The van der Waals surface area contributed by atoms with Gasteiger partial charge in [0.2, 0.25) is 0 Å². The molecule has 1 aromatic rings. The quantitative estimate of drug-likeness (QED) is 0.585. The predicted molar refractivity (Wildman–Crippen MR) is 88.4 cm³/mol. The molecule has 0 heterocycles. The van der Waals surface area contributed by atoms with E-state index in [1.807, 2.05) is 0 Å². The van der Waals surface area contributed by atoms with Crippen molar-refractivity contribution in [3.05, 3.63) is 35.4 Å². The lowest BCUT2D eigenvalue weighted by atomic mass is 10.0. The maximum atomic E-state index is 2.52. The van der Waals surface area contributed by atoms with Crippen LogP contribution in [0.4, 0.5) is 0 Å². The summed E-state index contributed by atoms with van der Waals surface area (Å²) in [4.78, 5) is 2.52. The molecule has 110 valence electrons. The molecular formula is C17H30ClN. The van der Waals surface area contributed by atoms with Crippen LogP contribution in [0.2, 0.25) is 0 Å². The number of benzene rings is 1. The summed E-state index contributed by atoms with van der Waals surface area (Å²) in [6, 6.07) is 8.77. The maximum Gasteiger partial charge on any atom is -0.00190 e. The van der Waals surface area contributed by atoms with Crippen LogP contribution in [0.5, 0.6) is 0 Å². The fourth-order valence-electron chi connectivity index (χ4n) is 2.43. The summed E-state index contributed by atoms with van der Waals surface area (Å²) in [5.74, 6) is 0. The molecule has 1 rings (SSSR count). The molecule has 0 atom stereocenters. The SMILES string of the molecule is CCN(CC)CCCCCCc1ccccc1C.Cl. The zero-order valence-corrected chi connectivity index (χ0v) is 13.6. The summed E-state index contributed by atoms with van der Waals surface area (Å²) in [6.45, 7) is 10.4. The third-order valence-electron chi connectivity index (χ3n) is 3.83. The van der Waals surface area contributed by atoms with Crippen molar-refractivity contribution >= 4 is 12.4 Å². The van der Waals surface area contributed by atoms with E-state index in [4.69, 9.17) is 0 Å². The highest BCUT2D eigenvalue weighted by Gasteiger charge is 1.99. The van der Waals surface area contributed by atoms with Crippen LogP contribution in [-0.2, 0) is 6.42 Å². The smallest absolute Gasteiger partial charge is 0.00190 e. The molecule has 0 aromatic heterocycles. The van der Waals surface area contributed by atoms with Gasteiger partial charge >= 0.3 is 0 Å². The molecule has 0 aliphatic heterocycles. The average molecular weight is 284 g/mol. The van der Waals surface area contributed by atoms with Crippen LogP contribution in [0.15, 0.2) is 24.3 Å². The Hall–Kier alpha value is -0.530. The van der Waals surface area contributed by atoms with Crippen LogP contribution in [0.25, 0.3) is 0 Å². The fraction of sp³-hybridized carbons (Fsp3) is 0.647. The van der Waals surface area contributed by atoms with Crippen molar-refractivity contribution in [3.8, 4) is 0 Å². The lowest BCUT2D eigenvalue weighted by molar-refractivity contribution is 0.295. The van der Waals surface area contributed by atoms with Crippen LogP contribution in [0, 0.1) is 6.92 Å². The van der Waals surface area contributed by atoms with Gasteiger partial charge in [-0.25, -0.2) is 0 Å². The Morgan fingerprint density at radius 2 is 1.53 bits per heavy atom. The van der Waals surface area contributed by atoms with E-state index in [1.54, 1.807) is 0 Å². The number of hydrogen-bond donors (Lipinski definition) is 0. The third-order valence-corrected chi connectivity index (χ3v) is 3.83. The highest BCUT2D eigenvalue weighted by Crippen LogP contribution is 2.12. The van der Waals surface area contributed by atoms with Gasteiger partial charge in [0.25, 0.3) is 0 Å². The number of halogens is 1. The molecule has 0 saturated heterocycles. The molecule has 0 bridgehead atoms. The predicted octanol–water partition coefficient (Wildman–Crippen LogP) is 4.86. The zero-order valence-electron chi connectivity index (χ0n) is 12.8. The minimum Gasteiger partial charge on any atom is -0.304 e. The summed E-state index contributed by atoms with van der Waals surface area (Å²) < 4.78 is 0. The lowest BCUT2D eigenvalue weighted by Crippen LogP contribution is -2.23. The molecule has 19 heavy (non-hydrogen) atoms. The van der Waals surface area contributed by atoms with E-state index < -0.39 is 0 Å². The molecule has 0 N–H and O–H groups in total. The third kappa shape index (κ3) is 7.59. The molecule has 0 aliphatic rings. The van der Waals surface area contributed by atoms with Gasteiger partial charge in [-0.05, 0) is 56.9 Å². The first-order chi connectivity index (χ1) is 8.77. The van der Waals surface area contributed by atoms with E-state index in [-0.39, 0.29) is 12.4 Å². The van der Waals surface area contributed by atoms with Gasteiger partial charge in [0.15, 0.2) is 0 Å². The van der Waals surface area contributed by atoms with Gasteiger partial charge in [0, 0.05) is 0 Å². The standard InChI is InChI=1S/C17H29N.ClH/c1-4-18(5-2)15-11-7-6-8-13-17-14-10-9-12-16(17)3;/h9-10,12,14H,4-8,11,13,15H2,1-3H3;1H. The topological polar surface area (TPSA) is 3.24 Å². The van der Waals surface area contributed by atoms with Gasteiger partial charge in [-0.15, -0.1) is 12.4 Å². The van der Waals surface area contributed by atoms with Gasteiger partial charge in [-0.2, -0.15) is 0 Å². The Bertz CT molecular complexity index is 321.